The second-order valence-corrected chi connectivity index (χ2v) is 13.8. The fourth-order valence-corrected chi connectivity index (χ4v) is 7.61. The predicted molar refractivity (Wildman–Crippen MR) is 150 cm³/mol. The van der Waals surface area contributed by atoms with Crippen LogP contribution in [0.25, 0.3) is 0 Å². The fourth-order valence-electron chi connectivity index (χ4n) is 7.61. The minimum Gasteiger partial charge on any atom is -0.511 e. The number of carbonyl (C=O) groups excluding carboxylic acids is 3. The summed E-state index contributed by atoms with van der Waals surface area (Å²) in [7, 11) is 0. The number of aliphatic hydroxyl groups is 3. The number of benzene rings is 1. The Hall–Kier alpha value is -3.38. The van der Waals surface area contributed by atoms with Crippen molar-refractivity contribution in [3.8, 4) is 5.75 Å². The highest BCUT2D eigenvalue weighted by Crippen LogP contribution is 2.53. The van der Waals surface area contributed by atoms with E-state index in [2.05, 4.69) is 0 Å². The number of carbonyl (C=O) groups is 3. The number of aromatic hydroxyl groups is 1. The lowest BCUT2D eigenvalue weighted by Crippen LogP contribution is -2.57. The fraction of sp³-hybridized carbons (Fsp3) is 0.581. The lowest BCUT2D eigenvalue weighted by Gasteiger charge is -2.46. The zero-order chi connectivity index (χ0) is 32.6. The first kappa shape index (κ1) is 32.5. The largest absolute Gasteiger partial charge is 0.511 e. The average molecular weight is 609 g/mol. The SMILES string of the molecule is CCN(Cc1cc(O)c2c(c1C(F)(F)F)CC1C[C@H]3CC(O)=C(C(N)=O)C(=O)[C@@]3(O)C(O)=C1C2=O)C(C)(C)CC(C)(C)C. The Labute approximate surface area is 247 Å². The van der Waals surface area contributed by atoms with Crippen LogP contribution in [0.5, 0.6) is 5.75 Å². The van der Waals surface area contributed by atoms with Crippen molar-refractivity contribution in [1.29, 1.82) is 0 Å². The van der Waals surface area contributed by atoms with Gasteiger partial charge in [0.2, 0.25) is 5.78 Å². The van der Waals surface area contributed by atoms with E-state index < -0.39 is 105 Å². The third kappa shape index (κ3) is 5.32. The van der Waals surface area contributed by atoms with Gasteiger partial charge in [0, 0.05) is 30.0 Å². The molecule has 0 heterocycles. The number of alkyl halides is 3. The average Bonchev–Trinajstić information content (AvgIpc) is 2.81. The molecule has 0 saturated heterocycles. The summed E-state index contributed by atoms with van der Waals surface area (Å²) in [5, 5.41) is 43.8. The monoisotopic (exact) mass is 608 g/mol. The Morgan fingerprint density at radius 2 is 1.70 bits per heavy atom. The Morgan fingerprint density at radius 3 is 2.21 bits per heavy atom. The van der Waals surface area contributed by atoms with Crippen LogP contribution in [-0.2, 0) is 28.7 Å². The minimum atomic E-state index is -4.90. The molecular weight excluding hydrogens is 569 g/mol. The van der Waals surface area contributed by atoms with Crippen LogP contribution in [0.3, 0.4) is 0 Å². The molecule has 9 nitrogen and oxygen atoms in total. The molecule has 1 amide bonds. The second kappa shape index (κ2) is 10.4. The number of amides is 1. The number of phenolic OH excluding ortho intramolecular Hbond substituents is 1. The summed E-state index contributed by atoms with van der Waals surface area (Å²) in [5.74, 6) is -8.76. The molecule has 43 heavy (non-hydrogen) atoms. The predicted octanol–water partition coefficient (Wildman–Crippen LogP) is 4.64. The molecule has 3 aliphatic carbocycles. The van der Waals surface area contributed by atoms with Crippen LogP contribution >= 0.6 is 0 Å². The summed E-state index contributed by atoms with van der Waals surface area (Å²) in [6, 6.07) is 0.922. The van der Waals surface area contributed by atoms with Gasteiger partial charge in [0.05, 0.1) is 11.1 Å². The van der Waals surface area contributed by atoms with E-state index in [1.807, 2.05) is 46.4 Å². The molecule has 0 fully saturated rings. The van der Waals surface area contributed by atoms with Gasteiger partial charge < -0.3 is 26.2 Å². The number of allylic oxidation sites excluding steroid dienone is 2. The van der Waals surface area contributed by atoms with Gasteiger partial charge in [-0.3, -0.25) is 19.3 Å². The van der Waals surface area contributed by atoms with Gasteiger partial charge in [-0.05, 0) is 68.2 Å². The number of ketones is 2. The number of hydrogen-bond donors (Lipinski definition) is 5. The highest BCUT2D eigenvalue weighted by atomic mass is 19.4. The van der Waals surface area contributed by atoms with Gasteiger partial charge in [-0.15, -0.1) is 0 Å². The topological polar surface area (TPSA) is 161 Å². The molecule has 3 atom stereocenters. The van der Waals surface area contributed by atoms with E-state index in [0.717, 1.165) is 6.07 Å². The van der Waals surface area contributed by atoms with Crippen molar-refractivity contribution in [3.63, 3.8) is 0 Å². The minimum absolute atomic E-state index is 0.121. The Morgan fingerprint density at radius 1 is 1.09 bits per heavy atom. The van der Waals surface area contributed by atoms with E-state index in [0.29, 0.717) is 13.0 Å². The number of fused-ring (bicyclic) bond motifs is 3. The number of hydrogen-bond acceptors (Lipinski definition) is 8. The molecule has 0 aromatic heterocycles. The molecule has 0 aliphatic heterocycles. The summed E-state index contributed by atoms with van der Waals surface area (Å²) in [6.45, 7) is 12.1. The maximum absolute atomic E-state index is 14.8. The van der Waals surface area contributed by atoms with Gasteiger partial charge in [0.15, 0.2) is 11.4 Å². The second-order valence-electron chi connectivity index (χ2n) is 13.8. The van der Waals surface area contributed by atoms with Crippen molar-refractivity contribution in [1.82, 2.24) is 4.90 Å². The quantitative estimate of drug-likeness (QED) is 0.292. The molecule has 1 aromatic rings. The lowest BCUT2D eigenvalue weighted by molar-refractivity contribution is -0.144. The molecule has 4 rings (SSSR count). The van der Waals surface area contributed by atoms with E-state index in [1.54, 1.807) is 0 Å². The number of nitrogens with zero attached hydrogens (tertiary/aromatic N) is 1. The highest BCUT2D eigenvalue weighted by molar-refractivity contribution is 6.24. The van der Waals surface area contributed by atoms with E-state index in [4.69, 9.17) is 5.73 Å². The number of aliphatic hydroxyl groups excluding tert-OH is 2. The molecule has 1 unspecified atom stereocenters. The summed E-state index contributed by atoms with van der Waals surface area (Å²) in [4.78, 5) is 40.5. The van der Waals surface area contributed by atoms with Crippen LogP contribution in [0.1, 0.15) is 87.9 Å². The van der Waals surface area contributed by atoms with E-state index >= 15 is 0 Å². The van der Waals surface area contributed by atoms with Crippen LogP contribution in [0.4, 0.5) is 13.2 Å². The third-order valence-electron chi connectivity index (χ3n) is 8.99. The van der Waals surface area contributed by atoms with Crippen molar-refractivity contribution in [2.24, 2.45) is 23.0 Å². The van der Waals surface area contributed by atoms with Crippen LogP contribution < -0.4 is 5.73 Å². The maximum Gasteiger partial charge on any atom is 0.417 e. The first-order chi connectivity index (χ1) is 19.6. The first-order valence-corrected chi connectivity index (χ1v) is 14.2. The number of halogens is 3. The molecule has 1 aromatic carbocycles. The van der Waals surface area contributed by atoms with Gasteiger partial charge in [0.1, 0.15) is 22.8 Å². The van der Waals surface area contributed by atoms with Crippen molar-refractivity contribution in [3.05, 3.63) is 51.0 Å². The molecule has 0 saturated carbocycles. The van der Waals surface area contributed by atoms with Gasteiger partial charge in [-0.1, -0.05) is 27.7 Å². The van der Waals surface area contributed by atoms with Gasteiger partial charge in [-0.2, -0.15) is 13.2 Å². The number of rotatable bonds is 6. The molecule has 0 bridgehead atoms. The van der Waals surface area contributed by atoms with Crippen LogP contribution in [-0.4, -0.2) is 60.5 Å². The summed E-state index contributed by atoms with van der Waals surface area (Å²) in [5.41, 5.74) is -2.01. The van der Waals surface area contributed by atoms with Gasteiger partial charge in [0.25, 0.3) is 5.91 Å². The first-order valence-electron chi connectivity index (χ1n) is 14.2. The van der Waals surface area contributed by atoms with Crippen molar-refractivity contribution >= 4 is 17.5 Å². The van der Waals surface area contributed by atoms with Gasteiger partial charge in [-0.25, -0.2) is 0 Å². The van der Waals surface area contributed by atoms with Crippen LogP contribution in [0.15, 0.2) is 28.7 Å². The standard InChI is InChI=1S/C31H39F3N2O7/c1-7-36(29(5,6)13-28(2,3)4)12-15-10-18(37)21-17(23(15)31(32,33)34)9-14-8-16-11-19(38)22(27(35)42)26(41)30(16,43)25(40)20(14)24(21)39/h10,14,16,37-38,40,43H,7-9,11-13H2,1-6H3,(H2,35,42)/t14?,16-,30-/m0/s1. The Bertz CT molecular complexity index is 1470. The molecule has 6 N–H and O–H groups in total. The molecule has 12 heteroatoms. The van der Waals surface area contributed by atoms with Gasteiger partial charge >= 0.3 is 6.18 Å². The van der Waals surface area contributed by atoms with Crippen LogP contribution in [0.2, 0.25) is 0 Å². The van der Waals surface area contributed by atoms with E-state index in [-0.39, 0.29) is 23.9 Å². The number of phenols is 1. The summed E-state index contributed by atoms with van der Waals surface area (Å²) < 4.78 is 44.5. The van der Waals surface area contributed by atoms with E-state index in [1.165, 1.54) is 0 Å². The van der Waals surface area contributed by atoms with Crippen LogP contribution in [0, 0.1) is 17.3 Å². The number of primary amides is 1. The summed E-state index contributed by atoms with van der Waals surface area (Å²) >= 11 is 0. The van der Waals surface area contributed by atoms with Crippen molar-refractivity contribution in [2.45, 2.75) is 91.1 Å². The molecule has 236 valence electrons. The smallest absolute Gasteiger partial charge is 0.417 e. The Kier molecular flexibility index (Phi) is 7.84. The van der Waals surface area contributed by atoms with Crippen molar-refractivity contribution in [2.75, 3.05) is 6.54 Å². The number of nitrogens with two attached hydrogens (primary N) is 1. The van der Waals surface area contributed by atoms with Crippen molar-refractivity contribution < 1.29 is 48.0 Å². The molecule has 0 spiro atoms. The lowest BCUT2D eigenvalue weighted by atomic mass is 9.60. The number of Topliss-reactive ketones (excluding diaryl/α,β-unsaturated/α-hetero) is 2. The zero-order valence-electron chi connectivity index (χ0n) is 25.1. The molecule has 3 aliphatic rings. The van der Waals surface area contributed by atoms with E-state index in [9.17, 15) is 48.0 Å². The normalized spacial score (nSPS) is 24.7. The Balaban J connectivity index is 1.88. The molecular formula is C31H39F3N2O7. The zero-order valence-corrected chi connectivity index (χ0v) is 25.1. The molecule has 0 radical (unpaired) electrons. The highest BCUT2D eigenvalue weighted by Gasteiger charge is 2.60. The maximum atomic E-state index is 14.8. The summed E-state index contributed by atoms with van der Waals surface area (Å²) in [6.07, 6.45) is -5.39. The third-order valence-corrected chi connectivity index (χ3v) is 8.99.